The van der Waals surface area contributed by atoms with Crippen molar-refractivity contribution < 1.29 is 23.9 Å². The lowest BCUT2D eigenvalue weighted by Gasteiger charge is -2.41. The van der Waals surface area contributed by atoms with E-state index in [-0.39, 0.29) is 35.7 Å². The van der Waals surface area contributed by atoms with Gasteiger partial charge in [0.05, 0.1) is 0 Å². The van der Waals surface area contributed by atoms with Crippen LogP contribution in [0.3, 0.4) is 0 Å². The van der Waals surface area contributed by atoms with E-state index in [0.717, 1.165) is 24.6 Å². The molecule has 3 unspecified atom stereocenters. The number of likely N-dealkylation sites (tertiary alicyclic amines) is 1. The van der Waals surface area contributed by atoms with Gasteiger partial charge in [0.2, 0.25) is 11.7 Å². The zero-order chi connectivity index (χ0) is 26.2. The topological polar surface area (TPSA) is 112 Å². The van der Waals surface area contributed by atoms with Crippen LogP contribution in [0.15, 0.2) is 30.3 Å². The predicted octanol–water partition coefficient (Wildman–Crippen LogP) is 3.44. The number of nitrogens with zero attached hydrogens (tertiary/aromatic N) is 3. The molecule has 0 spiro atoms. The summed E-state index contributed by atoms with van der Waals surface area (Å²) < 4.78 is 5.76. The van der Waals surface area contributed by atoms with E-state index in [1.54, 1.807) is 0 Å². The minimum absolute atomic E-state index is 0.0365. The Balaban J connectivity index is 2.53. The number of Topliss-reactive ketones (excluding diaryl/α,β-unsaturated/α-hetero) is 1. The van der Waals surface area contributed by atoms with Crippen LogP contribution in [0.4, 0.5) is 0 Å². The molecule has 1 N–H and O–H groups in total. The number of esters is 1. The Bertz CT molecular complexity index is 921. The molecule has 0 aromatic heterocycles. The number of rotatable bonds is 11. The summed E-state index contributed by atoms with van der Waals surface area (Å²) in [7, 11) is 0. The summed E-state index contributed by atoms with van der Waals surface area (Å²) in [6.45, 7) is 11.4. The van der Waals surface area contributed by atoms with Gasteiger partial charge in [-0.2, -0.15) is 4.79 Å². The zero-order valence-corrected chi connectivity index (χ0v) is 21.9. The van der Waals surface area contributed by atoms with Gasteiger partial charge >= 0.3 is 12.2 Å². The van der Waals surface area contributed by atoms with E-state index in [1.165, 1.54) is 6.92 Å². The Morgan fingerprint density at radius 3 is 2.46 bits per heavy atom. The molecule has 0 aliphatic carbocycles. The van der Waals surface area contributed by atoms with Gasteiger partial charge in [0.1, 0.15) is 11.6 Å². The smallest absolute Gasteiger partial charge is 0.323 e. The Hall–Kier alpha value is -2.83. The number of benzene rings is 1. The summed E-state index contributed by atoms with van der Waals surface area (Å²) in [5.74, 6) is -1.23. The molecule has 192 valence electrons. The fourth-order valence-corrected chi connectivity index (χ4v) is 5.10. The Kier molecular flexibility index (Phi) is 10.3. The summed E-state index contributed by atoms with van der Waals surface area (Å²) >= 11 is 0. The summed E-state index contributed by atoms with van der Waals surface area (Å²) in [4.78, 5) is 42.9. The Labute approximate surface area is 209 Å². The highest BCUT2D eigenvalue weighted by Crippen LogP contribution is 2.34. The SMILES string of the molecule is CCC[C@@H](C(C)NC(C)=O)[C@H](Cc1ccccc1)N1CC(C(=O)C=[N+]=[N-])CC1C(=O)OC(C)(C)C. The molecular weight excluding hydrogens is 444 g/mol. The molecule has 1 amide bonds. The van der Waals surface area contributed by atoms with Gasteiger partial charge in [0.25, 0.3) is 0 Å². The van der Waals surface area contributed by atoms with Crippen molar-refractivity contribution in [3.05, 3.63) is 41.4 Å². The number of hydrogen-bond acceptors (Lipinski definition) is 5. The van der Waals surface area contributed by atoms with Crippen LogP contribution in [0.1, 0.15) is 66.4 Å². The first kappa shape index (κ1) is 28.4. The lowest BCUT2D eigenvalue weighted by molar-refractivity contribution is -0.161. The third-order valence-electron chi connectivity index (χ3n) is 6.51. The summed E-state index contributed by atoms with van der Waals surface area (Å²) in [6.07, 6.45) is 3.61. The van der Waals surface area contributed by atoms with Crippen LogP contribution < -0.4 is 5.32 Å². The molecule has 1 aromatic rings. The highest BCUT2D eigenvalue weighted by atomic mass is 16.6. The Morgan fingerprint density at radius 2 is 1.91 bits per heavy atom. The zero-order valence-electron chi connectivity index (χ0n) is 21.9. The number of carbonyl (C=O) groups excluding carboxylic acids is 3. The van der Waals surface area contributed by atoms with Gasteiger partial charge in [0, 0.05) is 31.5 Å². The van der Waals surface area contributed by atoms with Crippen molar-refractivity contribution in [2.45, 2.75) is 91.0 Å². The van der Waals surface area contributed by atoms with Crippen LogP contribution in [0.25, 0.3) is 5.53 Å². The van der Waals surface area contributed by atoms with Gasteiger partial charge in [-0.15, -0.1) is 0 Å². The second-order valence-corrected chi connectivity index (χ2v) is 10.5. The van der Waals surface area contributed by atoms with Crippen molar-refractivity contribution in [1.29, 1.82) is 0 Å². The van der Waals surface area contributed by atoms with Crippen molar-refractivity contribution in [3.63, 3.8) is 0 Å². The third-order valence-corrected chi connectivity index (χ3v) is 6.51. The lowest BCUT2D eigenvalue weighted by Crippen LogP contribution is -2.54. The number of ether oxygens (including phenoxy) is 1. The van der Waals surface area contributed by atoms with Gasteiger partial charge in [-0.3, -0.25) is 19.3 Å². The second-order valence-electron chi connectivity index (χ2n) is 10.5. The average molecular weight is 485 g/mol. The van der Waals surface area contributed by atoms with Crippen LogP contribution in [-0.4, -0.2) is 63.8 Å². The van der Waals surface area contributed by atoms with Crippen LogP contribution in [0.2, 0.25) is 0 Å². The molecule has 1 heterocycles. The maximum absolute atomic E-state index is 13.4. The summed E-state index contributed by atoms with van der Waals surface area (Å²) in [5.41, 5.74) is 9.36. The molecule has 5 atom stereocenters. The first-order valence-corrected chi connectivity index (χ1v) is 12.5. The number of amides is 1. The molecule has 1 saturated heterocycles. The highest BCUT2D eigenvalue weighted by Gasteiger charge is 2.47. The maximum Gasteiger partial charge on any atom is 0.323 e. The largest absolute Gasteiger partial charge is 0.459 e. The number of hydrogen-bond donors (Lipinski definition) is 1. The minimum atomic E-state index is -0.668. The molecule has 1 fully saturated rings. The van der Waals surface area contributed by atoms with Crippen LogP contribution in [0, 0.1) is 11.8 Å². The van der Waals surface area contributed by atoms with E-state index in [4.69, 9.17) is 10.3 Å². The van der Waals surface area contributed by atoms with Crippen molar-refractivity contribution in [2.75, 3.05) is 6.54 Å². The van der Waals surface area contributed by atoms with E-state index in [2.05, 4.69) is 34.1 Å². The normalized spacial score (nSPS) is 20.9. The van der Waals surface area contributed by atoms with Gasteiger partial charge in [-0.25, -0.2) is 0 Å². The molecule has 8 heteroatoms. The summed E-state index contributed by atoms with van der Waals surface area (Å²) in [5, 5.41) is 3.05. The second kappa shape index (κ2) is 12.8. The van der Waals surface area contributed by atoms with Crippen LogP contribution in [-0.2, 0) is 25.5 Å². The Morgan fingerprint density at radius 1 is 1.26 bits per heavy atom. The number of ketones is 1. The quantitative estimate of drug-likeness (QED) is 0.224. The van der Waals surface area contributed by atoms with Crippen molar-refractivity contribution in [2.24, 2.45) is 11.8 Å². The van der Waals surface area contributed by atoms with Crippen molar-refractivity contribution in [3.8, 4) is 0 Å². The van der Waals surface area contributed by atoms with Crippen molar-refractivity contribution >= 4 is 23.9 Å². The number of carbonyl (C=O) groups is 3. The molecule has 0 radical (unpaired) electrons. The maximum atomic E-state index is 13.4. The monoisotopic (exact) mass is 484 g/mol. The highest BCUT2D eigenvalue weighted by molar-refractivity contribution is 6.26. The van der Waals surface area contributed by atoms with Gasteiger partial charge in [0.15, 0.2) is 0 Å². The first-order chi connectivity index (χ1) is 16.5. The number of nitrogens with one attached hydrogen (secondary N) is 1. The average Bonchev–Trinajstić information content (AvgIpc) is 3.21. The first-order valence-electron chi connectivity index (χ1n) is 12.5. The van der Waals surface area contributed by atoms with Gasteiger partial charge in [-0.05, 0) is 58.4 Å². The molecule has 35 heavy (non-hydrogen) atoms. The fourth-order valence-electron chi connectivity index (χ4n) is 5.10. The molecule has 1 aromatic carbocycles. The standard InChI is InChI=1S/C27H40N4O4/c1-7-11-22(18(2)30-19(3)32)23(14-20-12-9-8-10-13-20)31-17-21(25(33)16-29-28)15-24(31)26(34)35-27(4,5)6/h8-10,12-13,16,18,21-24H,7,11,14-15,17H2,1-6H3,(H,30,32)/t18?,21?,22-,23-,24?/m0/s1. The predicted molar refractivity (Wildman–Crippen MR) is 135 cm³/mol. The van der Waals surface area contributed by atoms with Gasteiger partial charge in [-0.1, -0.05) is 43.7 Å². The van der Waals surface area contributed by atoms with Crippen molar-refractivity contribution in [1.82, 2.24) is 10.2 Å². The fraction of sp³-hybridized carbons (Fsp3) is 0.630. The van der Waals surface area contributed by atoms with Gasteiger partial charge < -0.3 is 15.6 Å². The van der Waals surface area contributed by atoms with Crippen LogP contribution >= 0.6 is 0 Å². The van der Waals surface area contributed by atoms with E-state index >= 15 is 0 Å². The molecule has 2 rings (SSSR count). The van der Waals surface area contributed by atoms with E-state index < -0.39 is 17.6 Å². The lowest BCUT2D eigenvalue weighted by atomic mass is 9.83. The molecule has 1 aliphatic rings. The van der Waals surface area contributed by atoms with E-state index in [9.17, 15) is 14.4 Å². The minimum Gasteiger partial charge on any atom is -0.459 e. The third kappa shape index (κ3) is 8.41. The molecular formula is C27H40N4O4. The van der Waals surface area contributed by atoms with Crippen LogP contribution in [0.5, 0.6) is 0 Å². The molecule has 1 aliphatic heterocycles. The van der Waals surface area contributed by atoms with E-state index in [1.807, 2.05) is 45.9 Å². The summed E-state index contributed by atoms with van der Waals surface area (Å²) in [6, 6.07) is 9.17. The molecule has 0 bridgehead atoms. The molecule has 0 saturated carbocycles. The molecule has 8 nitrogen and oxygen atoms in total. The van der Waals surface area contributed by atoms with E-state index in [0.29, 0.717) is 19.4 Å².